The number of anilines is 1. The zero-order valence-electron chi connectivity index (χ0n) is 22.5. The van der Waals surface area contributed by atoms with Crippen molar-refractivity contribution in [2.75, 3.05) is 37.7 Å². The highest BCUT2D eigenvalue weighted by Crippen LogP contribution is 2.46. The Labute approximate surface area is 228 Å². The van der Waals surface area contributed by atoms with Gasteiger partial charge in [0.15, 0.2) is 0 Å². The lowest BCUT2D eigenvalue weighted by molar-refractivity contribution is -0.0857. The Hall–Kier alpha value is -2.36. The molecule has 2 aromatic rings. The Morgan fingerprint density at radius 1 is 1.10 bits per heavy atom. The number of fused-ring (bicyclic) bond motifs is 4. The zero-order valence-corrected chi connectivity index (χ0v) is 22.5. The predicted octanol–water partition coefficient (Wildman–Crippen LogP) is 4.23. The fourth-order valence-electron chi connectivity index (χ4n) is 7.81. The number of aliphatic hydroxyl groups excluding tert-OH is 1. The van der Waals surface area contributed by atoms with Crippen LogP contribution >= 0.6 is 0 Å². The molecule has 5 heterocycles. The van der Waals surface area contributed by atoms with Crippen molar-refractivity contribution in [1.29, 1.82) is 0 Å². The van der Waals surface area contributed by atoms with Gasteiger partial charge in [-0.05, 0) is 81.2 Å². The number of ether oxygens (including phenoxy) is 2. The summed E-state index contributed by atoms with van der Waals surface area (Å²) < 4.78 is 41.8. The molecule has 0 amide bonds. The third kappa shape index (κ3) is 4.60. The second-order valence-corrected chi connectivity index (χ2v) is 12.3. The van der Waals surface area contributed by atoms with E-state index in [1.807, 2.05) is 6.07 Å². The number of aliphatic hydroxyl groups is 1. The molecule has 210 valence electrons. The van der Waals surface area contributed by atoms with Gasteiger partial charge < -0.3 is 19.5 Å². The van der Waals surface area contributed by atoms with Gasteiger partial charge in [0, 0.05) is 38.0 Å². The summed E-state index contributed by atoms with van der Waals surface area (Å²) >= 11 is 0. The first-order valence-electron chi connectivity index (χ1n) is 14.7. The highest BCUT2D eigenvalue weighted by molar-refractivity contribution is 5.52. The number of hydrogen-bond acceptors (Lipinski definition) is 7. The number of hydrogen-bond donors (Lipinski definition) is 1. The highest BCUT2D eigenvalue weighted by atomic mass is 19.1. The van der Waals surface area contributed by atoms with Crippen LogP contribution in [0, 0.1) is 5.82 Å². The average molecular weight is 541 g/mol. The van der Waals surface area contributed by atoms with E-state index >= 15 is 0 Å². The number of aromatic nitrogens is 2. The molecule has 3 saturated heterocycles. The van der Waals surface area contributed by atoms with Gasteiger partial charge in [0.2, 0.25) is 0 Å². The number of benzene rings is 1. The van der Waals surface area contributed by atoms with Gasteiger partial charge in [0.05, 0.1) is 29.5 Å². The first-order valence-corrected chi connectivity index (χ1v) is 14.7. The van der Waals surface area contributed by atoms with Crippen LogP contribution in [0.15, 0.2) is 18.2 Å². The molecule has 4 atom stereocenters. The third-order valence-electron chi connectivity index (χ3n) is 9.81. The summed E-state index contributed by atoms with van der Waals surface area (Å²) in [5, 5.41) is 10.3. The van der Waals surface area contributed by atoms with E-state index in [2.05, 4.69) is 9.80 Å². The molecular weight excluding hydrogens is 502 g/mol. The lowest BCUT2D eigenvalue weighted by Gasteiger charge is -2.43. The standard InChI is InChI=1S/C30H38F2N4O3/c31-21-7-6-20-4-1-10-30(25(20)14-21)16-26-24(18-39-30)27(35-11-2-5-23(37)8-13-35)34-28(33-26)38-19-29-9-3-12-36(29)17-22(32)15-29/h6-7,14,22-23,37H,1-5,8-13,15-19H2/t22?,23?,29-,30?/m0/s1. The number of rotatable bonds is 4. The molecule has 1 N–H and O–H groups in total. The van der Waals surface area contributed by atoms with Gasteiger partial charge in [-0.1, -0.05) is 6.07 Å². The summed E-state index contributed by atoms with van der Waals surface area (Å²) in [5.41, 5.74) is 3.02. The van der Waals surface area contributed by atoms with Gasteiger partial charge in [0.25, 0.3) is 0 Å². The third-order valence-corrected chi connectivity index (χ3v) is 9.81. The summed E-state index contributed by atoms with van der Waals surface area (Å²) in [6.07, 6.45) is 6.92. The molecule has 3 unspecified atom stereocenters. The Morgan fingerprint density at radius 3 is 2.95 bits per heavy atom. The largest absolute Gasteiger partial charge is 0.461 e. The maximum absolute atomic E-state index is 14.4. The van der Waals surface area contributed by atoms with Crippen LogP contribution in [-0.2, 0) is 29.8 Å². The van der Waals surface area contributed by atoms with E-state index in [-0.39, 0.29) is 17.5 Å². The van der Waals surface area contributed by atoms with E-state index in [1.165, 1.54) is 6.07 Å². The molecule has 5 aliphatic rings. The number of nitrogens with zero attached hydrogens (tertiary/aromatic N) is 4. The molecule has 3 fully saturated rings. The monoisotopic (exact) mass is 540 g/mol. The summed E-state index contributed by atoms with van der Waals surface area (Å²) in [6.45, 7) is 3.60. The number of aryl methyl sites for hydroxylation is 1. The topological polar surface area (TPSA) is 71.0 Å². The van der Waals surface area contributed by atoms with Crippen LogP contribution in [-0.4, -0.2) is 70.6 Å². The maximum atomic E-state index is 14.4. The quantitative estimate of drug-likeness (QED) is 0.623. The van der Waals surface area contributed by atoms with Crippen molar-refractivity contribution in [2.24, 2.45) is 0 Å². The molecule has 9 heteroatoms. The van der Waals surface area contributed by atoms with E-state index in [9.17, 15) is 13.9 Å². The number of halogens is 2. The summed E-state index contributed by atoms with van der Waals surface area (Å²) in [5.74, 6) is 0.563. The zero-order chi connectivity index (χ0) is 26.6. The van der Waals surface area contributed by atoms with Crippen LogP contribution in [0.25, 0.3) is 0 Å². The van der Waals surface area contributed by atoms with Gasteiger partial charge in [-0.15, -0.1) is 0 Å². The van der Waals surface area contributed by atoms with Crippen LogP contribution in [0.1, 0.15) is 73.8 Å². The summed E-state index contributed by atoms with van der Waals surface area (Å²) in [6, 6.07) is 5.38. The lowest BCUT2D eigenvalue weighted by atomic mass is 9.75. The van der Waals surface area contributed by atoms with E-state index < -0.39 is 11.8 Å². The summed E-state index contributed by atoms with van der Waals surface area (Å²) in [7, 11) is 0. The lowest BCUT2D eigenvalue weighted by Crippen LogP contribution is -2.44. The molecule has 0 bridgehead atoms. The maximum Gasteiger partial charge on any atom is 0.318 e. The Morgan fingerprint density at radius 2 is 2.03 bits per heavy atom. The van der Waals surface area contributed by atoms with Gasteiger partial charge in [0.1, 0.15) is 24.4 Å². The Bertz CT molecular complexity index is 1250. The first-order chi connectivity index (χ1) is 18.9. The van der Waals surface area contributed by atoms with Gasteiger partial charge in [-0.2, -0.15) is 9.97 Å². The van der Waals surface area contributed by atoms with Gasteiger partial charge in [-0.3, -0.25) is 4.90 Å². The van der Waals surface area contributed by atoms with Crippen molar-refractivity contribution in [3.63, 3.8) is 0 Å². The van der Waals surface area contributed by atoms with Crippen molar-refractivity contribution in [1.82, 2.24) is 14.9 Å². The van der Waals surface area contributed by atoms with Crippen LogP contribution in [0.3, 0.4) is 0 Å². The minimum atomic E-state index is -0.818. The van der Waals surface area contributed by atoms with Crippen molar-refractivity contribution in [3.05, 3.63) is 46.4 Å². The predicted molar refractivity (Wildman–Crippen MR) is 142 cm³/mol. The smallest absolute Gasteiger partial charge is 0.318 e. The fourth-order valence-corrected chi connectivity index (χ4v) is 7.81. The van der Waals surface area contributed by atoms with Crippen molar-refractivity contribution in [3.8, 4) is 6.01 Å². The molecule has 0 saturated carbocycles. The van der Waals surface area contributed by atoms with Crippen LogP contribution in [0.5, 0.6) is 6.01 Å². The van der Waals surface area contributed by atoms with Crippen LogP contribution in [0.2, 0.25) is 0 Å². The summed E-state index contributed by atoms with van der Waals surface area (Å²) in [4.78, 5) is 14.3. The fraction of sp³-hybridized carbons (Fsp3) is 0.667. The highest BCUT2D eigenvalue weighted by Gasteiger charge is 2.49. The van der Waals surface area contributed by atoms with Crippen LogP contribution in [0.4, 0.5) is 14.6 Å². The average Bonchev–Trinajstić information content (AvgIpc) is 3.35. The second-order valence-electron chi connectivity index (χ2n) is 12.3. The van der Waals surface area contributed by atoms with Crippen molar-refractivity contribution >= 4 is 5.82 Å². The molecule has 7 rings (SSSR count). The molecule has 1 aromatic heterocycles. The molecule has 4 aliphatic heterocycles. The number of alkyl halides is 1. The van der Waals surface area contributed by atoms with Gasteiger partial charge in [-0.25, -0.2) is 8.78 Å². The van der Waals surface area contributed by atoms with E-state index in [0.29, 0.717) is 51.6 Å². The second kappa shape index (κ2) is 9.93. The SMILES string of the molecule is OC1CCCN(c2nc(OC[C@@]34CCCN3CC(F)C4)nc3c2COC2(CCCc4ccc(F)cc42)C3)CC1. The Balaban J connectivity index is 1.24. The molecular formula is C30H38F2N4O3. The van der Waals surface area contributed by atoms with Gasteiger partial charge >= 0.3 is 6.01 Å². The molecule has 1 aromatic carbocycles. The minimum absolute atomic E-state index is 0.247. The van der Waals surface area contributed by atoms with E-state index in [4.69, 9.17) is 19.4 Å². The van der Waals surface area contributed by atoms with Crippen LogP contribution < -0.4 is 9.64 Å². The molecule has 39 heavy (non-hydrogen) atoms. The molecule has 1 aliphatic carbocycles. The van der Waals surface area contributed by atoms with E-state index in [0.717, 1.165) is 86.2 Å². The van der Waals surface area contributed by atoms with E-state index in [1.54, 1.807) is 6.07 Å². The minimum Gasteiger partial charge on any atom is -0.461 e. The molecule has 1 spiro atoms. The molecule has 7 nitrogen and oxygen atoms in total. The van der Waals surface area contributed by atoms with Crippen molar-refractivity contribution < 1.29 is 23.4 Å². The van der Waals surface area contributed by atoms with Crippen molar-refractivity contribution in [2.45, 2.75) is 94.2 Å². The first kappa shape index (κ1) is 25.6. The molecule has 0 radical (unpaired) electrons. The Kier molecular flexibility index (Phi) is 6.51. The normalized spacial score (nSPS) is 32.5.